The van der Waals surface area contributed by atoms with E-state index < -0.39 is 11.4 Å². The Morgan fingerprint density at radius 3 is 2.47 bits per heavy atom. The highest BCUT2D eigenvalue weighted by atomic mass is 16.5. The average molecular weight is 228 g/mol. The van der Waals surface area contributed by atoms with E-state index in [0.717, 1.165) is 16.3 Å². The topological polar surface area (TPSA) is 46.5 Å². The Kier molecular flexibility index (Phi) is 2.16. The predicted molar refractivity (Wildman–Crippen MR) is 64.1 cm³/mol. The van der Waals surface area contributed by atoms with Crippen molar-refractivity contribution in [2.45, 2.75) is 5.41 Å². The number of carboxylic acid groups (broad SMARTS) is 1. The van der Waals surface area contributed by atoms with Crippen LogP contribution in [0.1, 0.15) is 5.56 Å². The van der Waals surface area contributed by atoms with Crippen molar-refractivity contribution in [2.24, 2.45) is 0 Å². The summed E-state index contributed by atoms with van der Waals surface area (Å²) in [4.78, 5) is 11.5. The van der Waals surface area contributed by atoms with Crippen molar-refractivity contribution >= 4 is 16.7 Å². The lowest BCUT2D eigenvalue weighted by Crippen LogP contribution is -2.53. The lowest BCUT2D eigenvalue weighted by atomic mass is 9.76. The molecule has 0 spiro atoms. The van der Waals surface area contributed by atoms with E-state index in [1.807, 2.05) is 42.5 Å². The minimum atomic E-state index is -0.860. The van der Waals surface area contributed by atoms with E-state index in [-0.39, 0.29) is 13.2 Å². The molecule has 0 aliphatic carbocycles. The van der Waals surface area contributed by atoms with Gasteiger partial charge in [0, 0.05) is 0 Å². The minimum absolute atomic E-state index is 0.260. The fourth-order valence-electron chi connectivity index (χ4n) is 2.34. The van der Waals surface area contributed by atoms with Gasteiger partial charge in [-0.3, -0.25) is 4.79 Å². The minimum Gasteiger partial charge on any atom is -0.480 e. The van der Waals surface area contributed by atoms with Crippen LogP contribution >= 0.6 is 0 Å². The van der Waals surface area contributed by atoms with Crippen LogP contribution < -0.4 is 0 Å². The van der Waals surface area contributed by atoms with Gasteiger partial charge < -0.3 is 9.84 Å². The molecule has 1 heterocycles. The molecule has 86 valence electrons. The van der Waals surface area contributed by atoms with Crippen LogP contribution in [0.15, 0.2) is 42.5 Å². The van der Waals surface area contributed by atoms with Gasteiger partial charge in [0.2, 0.25) is 0 Å². The average Bonchev–Trinajstić information content (AvgIpc) is 2.27. The molecule has 1 fully saturated rings. The Morgan fingerprint density at radius 2 is 1.82 bits per heavy atom. The highest BCUT2D eigenvalue weighted by Gasteiger charge is 2.48. The summed E-state index contributed by atoms with van der Waals surface area (Å²) in [6, 6.07) is 13.6. The zero-order chi connectivity index (χ0) is 11.9. The first-order chi connectivity index (χ1) is 8.24. The van der Waals surface area contributed by atoms with E-state index in [2.05, 4.69) is 0 Å². The number of rotatable bonds is 2. The van der Waals surface area contributed by atoms with Gasteiger partial charge in [0.05, 0.1) is 13.2 Å². The molecule has 0 aromatic heterocycles. The molecule has 17 heavy (non-hydrogen) atoms. The van der Waals surface area contributed by atoms with Crippen LogP contribution in [0.5, 0.6) is 0 Å². The maximum absolute atomic E-state index is 11.5. The van der Waals surface area contributed by atoms with Crippen molar-refractivity contribution in [3.8, 4) is 0 Å². The summed E-state index contributed by atoms with van der Waals surface area (Å²) in [6.45, 7) is 0.521. The number of fused-ring (bicyclic) bond motifs is 1. The first-order valence-corrected chi connectivity index (χ1v) is 5.53. The zero-order valence-corrected chi connectivity index (χ0v) is 9.22. The van der Waals surface area contributed by atoms with Crippen molar-refractivity contribution < 1.29 is 14.6 Å². The number of hydrogen-bond acceptors (Lipinski definition) is 2. The van der Waals surface area contributed by atoms with Crippen LogP contribution in [-0.4, -0.2) is 24.3 Å². The van der Waals surface area contributed by atoms with Crippen molar-refractivity contribution in [1.82, 2.24) is 0 Å². The first-order valence-electron chi connectivity index (χ1n) is 5.53. The molecule has 3 heteroatoms. The predicted octanol–water partition coefficient (Wildman–Crippen LogP) is 2.19. The van der Waals surface area contributed by atoms with Gasteiger partial charge in [-0.05, 0) is 16.3 Å². The van der Waals surface area contributed by atoms with Gasteiger partial charge in [0.1, 0.15) is 5.41 Å². The van der Waals surface area contributed by atoms with E-state index in [4.69, 9.17) is 4.74 Å². The Morgan fingerprint density at radius 1 is 1.12 bits per heavy atom. The molecule has 1 saturated heterocycles. The van der Waals surface area contributed by atoms with Gasteiger partial charge in [-0.1, -0.05) is 42.5 Å². The molecule has 2 aromatic rings. The Bertz CT molecular complexity index is 580. The van der Waals surface area contributed by atoms with Crippen molar-refractivity contribution in [3.05, 3.63) is 48.0 Å². The molecule has 0 saturated carbocycles. The lowest BCUT2D eigenvalue weighted by Gasteiger charge is -2.38. The second-order valence-electron chi connectivity index (χ2n) is 4.41. The molecule has 1 aliphatic rings. The van der Waals surface area contributed by atoms with E-state index in [0.29, 0.717) is 0 Å². The highest BCUT2D eigenvalue weighted by Crippen LogP contribution is 2.36. The quantitative estimate of drug-likeness (QED) is 0.857. The van der Waals surface area contributed by atoms with Gasteiger partial charge in [-0.2, -0.15) is 0 Å². The number of hydrogen-bond donors (Lipinski definition) is 1. The zero-order valence-electron chi connectivity index (χ0n) is 9.22. The molecule has 1 N–H and O–H groups in total. The largest absolute Gasteiger partial charge is 0.480 e. The SMILES string of the molecule is O=C(O)C1(c2cccc3ccccc23)COC1. The normalized spacial score (nSPS) is 17.6. The van der Waals surface area contributed by atoms with Gasteiger partial charge in [-0.15, -0.1) is 0 Å². The third-order valence-corrected chi connectivity index (χ3v) is 3.41. The smallest absolute Gasteiger partial charge is 0.318 e. The fraction of sp³-hybridized carbons (Fsp3) is 0.214. The molecule has 0 radical (unpaired) electrons. The van der Waals surface area contributed by atoms with E-state index in [1.54, 1.807) is 0 Å². The van der Waals surface area contributed by atoms with Gasteiger partial charge in [-0.25, -0.2) is 0 Å². The lowest BCUT2D eigenvalue weighted by molar-refractivity contribution is -0.162. The molecule has 0 amide bonds. The summed E-state index contributed by atoms with van der Waals surface area (Å²) in [6.07, 6.45) is 0. The van der Waals surface area contributed by atoms with Crippen LogP contribution in [0.3, 0.4) is 0 Å². The third kappa shape index (κ3) is 1.36. The van der Waals surface area contributed by atoms with Crippen molar-refractivity contribution in [1.29, 1.82) is 0 Å². The maximum atomic E-state index is 11.5. The van der Waals surface area contributed by atoms with Gasteiger partial charge in [0.15, 0.2) is 0 Å². The number of aliphatic carboxylic acids is 1. The summed E-state index contributed by atoms with van der Waals surface area (Å²) in [7, 11) is 0. The number of ether oxygens (including phenoxy) is 1. The van der Waals surface area contributed by atoms with Gasteiger partial charge in [0.25, 0.3) is 0 Å². The maximum Gasteiger partial charge on any atom is 0.318 e. The van der Waals surface area contributed by atoms with E-state index in [9.17, 15) is 9.90 Å². The number of benzene rings is 2. The molecule has 2 aromatic carbocycles. The number of carbonyl (C=O) groups is 1. The van der Waals surface area contributed by atoms with Crippen LogP contribution in [0.2, 0.25) is 0 Å². The second kappa shape index (κ2) is 3.57. The molecule has 0 bridgehead atoms. The van der Waals surface area contributed by atoms with Crippen LogP contribution in [-0.2, 0) is 14.9 Å². The summed E-state index contributed by atoms with van der Waals surface area (Å²) in [5.41, 5.74) is -0.00437. The monoisotopic (exact) mass is 228 g/mol. The molecule has 3 nitrogen and oxygen atoms in total. The molecular weight excluding hydrogens is 216 g/mol. The molecule has 1 aliphatic heterocycles. The highest BCUT2D eigenvalue weighted by molar-refractivity contribution is 5.93. The summed E-state index contributed by atoms with van der Waals surface area (Å²) < 4.78 is 5.12. The standard InChI is InChI=1S/C14H12O3/c15-13(16)14(8-17-9-14)12-7-3-5-10-4-1-2-6-11(10)12/h1-7H,8-9H2,(H,15,16). The second-order valence-corrected chi connectivity index (χ2v) is 4.41. The van der Waals surface area contributed by atoms with E-state index in [1.165, 1.54) is 0 Å². The van der Waals surface area contributed by atoms with Crippen molar-refractivity contribution in [3.63, 3.8) is 0 Å². The Hall–Kier alpha value is -1.87. The Labute approximate surface area is 98.6 Å². The van der Waals surface area contributed by atoms with E-state index >= 15 is 0 Å². The van der Waals surface area contributed by atoms with Crippen LogP contribution in [0, 0.1) is 0 Å². The summed E-state index contributed by atoms with van der Waals surface area (Å²) in [5.74, 6) is -0.805. The van der Waals surface area contributed by atoms with Crippen LogP contribution in [0.25, 0.3) is 10.8 Å². The molecule has 0 unspecified atom stereocenters. The van der Waals surface area contributed by atoms with Crippen LogP contribution in [0.4, 0.5) is 0 Å². The summed E-state index contributed by atoms with van der Waals surface area (Å²) >= 11 is 0. The Balaban J connectivity index is 2.27. The third-order valence-electron chi connectivity index (χ3n) is 3.41. The summed E-state index contributed by atoms with van der Waals surface area (Å²) in [5, 5.41) is 11.5. The van der Waals surface area contributed by atoms with Gasteiger partial charge >= 0.3 is 5.97 Å². The molecule has 0 atom stereocenters. The number of carboxylic acids is 1. The molecule has 3 rings (SSSR count). The fourth-order valence-corrected chi connectivity index (χ4v) is 2.34. The first kappa shape index (κ1) is 10.3. The van der Waals surface area contributed by atoms with Crippen molar-refractivity contribution in [2.75, 3.05) is 13.2 Å². The molecular formula is C14H12O3.